The van der Waals surface area contributed by atoms with Crippen molar-refractivity contribution in [2.24, 2.45) is 5.92 Å². The number of carbonyl (C=O) groups excluding carboxylic acids is 1. The third-order valence-electron chi connectivity index (χ3n) is 5.18. The second kappa shape index (κ2) is 8.36. The molecule has 0 aromatic rings. The number of piperidine rings is 1. The van der Waals surface area contributed by atoms with Gasteiger partial charge in [0, 0.05) is 18.6 Å². The molecule has 0 radical (unpaired) electrons. The van der Waals surface area contributed by atoms with Gasteiger partial charge in [0.05, 0.1) is 0 Å². The lowest BCUT2D eigenvalue weighted by Crippen LogP contribution is -2.52. The van der Waals surface area contributed by atoms with E-state index in [4.69, 9.17) is 4.74 Å². The molecule has 4 heteroatoms. The quantitative estimate of drug-likeness (QED) is 0.765. The van der Waals surface area contributed by atoms with Gasteiger partial charge in [0.25, 0.3) is 0 Å². The van der Waals surface area contributed by atoms with Crippen molar-refractivity contribution in [1.29, 1.82) is 0 Å². The zero-order valence-corrected chi connectivity index (χ0v) is 15.6. The van der Waals surface area contributed by atoms with E-state index in [-0.39, 0.29) is 6.09 Å². The van der Waals surface area contributed by atoms with Crippen molar-refractivity contribution in [3.63, 3.8) is 0 Å². The molecule has 1 heterocycles. The van der Waals surface area contributed by atoms with Crippen LogP contribution in [0.4, 0.5) is 4.79 Å². The molecule has 0 aromatic carbocycles. The highest BCUT2D eigenvalue weighted by atomic mass is 16.6. The van der Waals surface area contributed by atoms with Crippen LogP contribution in [-0.2, 0) is 4.74 Å². The van der Waals surface area contributed by atoms with Crippen molar-refractivity contribution in [3.05, 3.63) is 0 Å². The molecule has 3 atom stereocenters. The number of carbonyl (C=O) groups is 1. The zero-order chi connectivity index (χ0) is 16.9. The molecule has 2 aliphatic rings. The van der Waals surface area contributed by atoms with Crippen molar-refractivity contribution in [2.75, 3.05) is 13.1 Å². The van der Waals surface area contributed by atoms with Gasteiger partial charge in [-0.15, -0.1) is 0 Å². The maximum Gasteiger partial charge on any atom is 0.410 e. The molecule has 1 aliphatic heterocycles. The van der Waals surface area contributed by atoms with Crippen molar-refractivity contribution in [1.82, 2.24) is 10.2 Å². The highest BCUT2D eigenvalue weighted by Gasteiger charge is 2.40. The van der Waals surface area contributed by atoms with Crippen LogP contribution in [0.25, 0.3) is 0 Å². The second-order valence-electron chi connectivity index (χ2n) is 8.25. The Bertz CT molecular complexity index is 378. The minimum atomic E-state index is -0.409. The first kappa shape index (κ1) is 18.6. The van der Waals surface area contributed by atoms with Crippen LogP contribution in [0.15, 0.2) is 0 Å². The maximum atomic E-state index is 12.6. The van der Waals surface area contributed by atoms with Crippen molar-refractivity contribution >= 4 is 6.09 Å². The average Bonchev–Trinajstić information content (AvgIpc) is 2.94. The lowest BCUT2D eigenvalue weighted by Gasteiger charge is -2.41. The summed E-state index contributed by atoms with van der Waals surface area (Å²) < 4.78 is 5.67. The molecule has 0 aromatic heterocycles. The molecule has 23 heavy (non-hydrogen) atoms. The third-order valence-corrected chi connectivity index (χ3v) is 5.18. The second-order valence-corrected chi connectivity index (χ2v) is 8.25. The first-order valence-corrected chi connectivity index (χ1v) is 9.65. The Kier molecular flexibility index (Phi) is 6.75. The number of hydrogen-bond acceptors (Lipinski definition) is 3. The SMILES string of the molecule is CCCCNC1CCCC1C1CCCCN1C(=O)OC(C)(C)C. The molecular weight excluding hydrogens is 288 g/mol. The van der Waals surface area contributed by atoms with E-state index >= 15 is 0 Å². The monoisotopic (exact) mass is 324 g/mol. The Hall–Kier alpha value is -0.770. The lowest BCUT2D eigenvalue weighted by atomic mass is 9.87. The van der Waals surface area contributed by atoms with Gasteiger partial charge in [-0.3, -0.25) is 0 Å². The molecule has 0 bridgehead atoms. The van der Waals surface area contributed by atoms with Gasteiger partial charge in [0.2, 0.25) is 0 Å². The summed E-state index contributed by atoms with van der Waals surface area (Å²) in [4.78, 5) is 14.7. The normalized spacial score (nSPS) is 28.9. The number of amides is 1. The van der Waals surface area contributed by atoms with Crippen LogP contribution in [-0.4, -0.2) is 41.8 Å². The average molecular weight is 325 g/mol. The largest absolute Gasteiger partial charge is 0.444 e. The molecule has 3 unspecified atom stereocenters. The van der Waals surface area contributed by atoms with Gasteiger partial charge >= 0.3 is 6.09 Å². The van der Waals surface area contributed by atoms with Gasteiger partial charge in [0.15, 0.2) is 0 Å². The number of nitrogens with one attached hydrogen (secondary N) is 1. The van der Waals surface area contributed by atoms with Gasteiger partial charge in [-0.1, -0.05) is 19.8 Å². The van der Waals surface area contributed by atoms with Crippen LogP contribution in [0.3, 0.4) is 0 Å². The fourth-order valence-electron chi connectivity index (χ4n) is 4.12. The van der Waals surface area contributed by atoms with Crippen LogP contribution < -0.4 is 5.32 Å². The predicted molar refractivity (Wildman–Crippen MR) is 94.6 cm³/mol. The minimum Gasteiger partial charge on any atom is -0.444 e. The van der Waals surface area contributed by atoms with Gasteiger partial charge in [-0.2, -0.15) is 0 Å². The standard InChI is InChI=1S/C19H36N2O2/c1-5-6-13-20-16-11-9-10-15(16)17-12-7-8-14-21(17)18(22)23-19(2,3)4/h15-17,20H,5-14H2,1-4H3. The van der Waals surface area contributed by atoms with E-state index in [0.717, 1.165) is 25.9 Å². The van der Waals surface area contributed by atoms with E-state index in [0.29, 0.717) is 18.0 Å². The molecule has 134 valence electrons. The van der Waals surface area contributed by atoms with Crippen LogP contribution in [0, 0.1) is 5.92 Å². The summed E-state index contributed by atoms with van der Waals surface area (Å²) in [5.41, 5.74) is -0.409. The Morgan fingerprint density at radius 3 is 2.65 bits per heavy atom. The molecule has 4 nitrogen and oxygen atoms in total. The predicted octanol–water partition coefficient (Wildman–Crippen LogP) is 4.33. The molecule has 1 aliphatic carbocycles. The Balaban J connectivity index is 2.00. The van der Waals surface area contributed by atoms with Gasteiger partial charge < -0.3 is 15.0 Å². The minimum absolute atomic E-state index is 0.110. The first-order valence-electron chi connectivity index (χ1n) is 9.65. The molecule has 2 rings (SSSR count). The van der Waals surface area contributed by atoms with E-state index < -0.39 is 5.60 Å². The van der Waals surface area contributed by atoms with Crippen molar-refractivity contribution in [3.8, 4) is 0 Å². The summed E-state index contributed by atoms with van der Waals surface area (Å²) in [6.07, 6.45) is 9.63. The van der Waals surface area contributed by atoms with E-state index in [2.05, 4.69) is 12.2 Å². The highest BCUT2D eigenvalue weighted by molar-refractivity contribution is 5.68. The third kappa shape index (κ3) is 5.37. The fourth-order valence-corrected chi connectivity index (χ4v) is 4.12. The van der Waals surface area contributed by atoms with Gasteiger partial charge in [-0.05, 0) is 71.8 Å². The van der Waals surface area contributed by atoms with E-state index in [1.807, 2.05) is 25.7 Å². The molecule has 1 saturated heterocycles. The van der Waals surface area contributed by atoms with Crippen LogP contribution in [0.2, 0.25) is 0 Å². The van der Waals surface area contributed by atoms with Crippen LogP contribution in [0.5, 0.6) is 0 Å². The Morgan fingerprint density at radius 1 is 1.17 bits per heavy atom. The smallest absolute Gasteiger partial charge is 0.410 e. The molecule has 1 N–H and O–H groups in total. The van der Waals surface area contributed by atoms with Crippen molar-refractivity contribution < 1.29 is 9.53 Å². The number of hydrogen-bond donors (Lipinski definition) is 1. The van der Waals surface area contributed by atoms with Crippen LogP contribution in [0.1, 0.15) is 79.1 Å². The van der Waals surface area contributed by atoms with E-state index in [1.54, 1.807) is 0 Å². The lowest BCUT2D eigenvalue weighted by molar-refractivity contribution is -0.0000799. The maximum absolute atomic E-state index is 12.6. The van der Waals surface area contributed by atoms with Gasteiger partial charge in [0.1, 0.15) is 5.60 Å². The van der Waals surface area contributed by atoms with Gasteiger partial charge in [-0.25, -0.2) is 4.79 Å². The fraction of sp³-hybridized carbons (Fsp3) is 0.947. The molecule has 1 amide bonds. The Morgan fingerprint density at radius 2 is 1.96 bits per heavy atom. The Labute approximate surface area is 142 Å². The van der Waals surface area contributed by atoms with E-state index in [9.17, 15) is 4.79 Å². The summed E-state index contributed by atoms with van der Waals surface area (Å²) in [7, 11) is 0. The number of rotatable bonds is 5. The zero-order valence-electron chi connectivity index (χ0n) is 15.6. The number of likely N-dealkylation sites (tertiary alicyclic amines) is 1. The summed E-state index contributed by atoms with van der Waals surface area (Å²) in [6, 6.07) is 0.940. The summed E-state index contributed by atoms with van der Waals surface area (Å²) in [6.45, 7) is 10.1. The number of unbranched alkanes of at least 4 members (excludes halogenated alkanes) is 1. The molecular formula is C19H36N2O2. The summed E-state index contributed by atoms with van der Waals surface area (Å²) in [5, 5.41) is 3.76. The number of ether oxygens (including phenoxy) is 1. The van der Waals surface area contributed by atoms with E-state index in [1.165, 1.54) is 38.5 Å². The van der Waals surface area contributed by atoms with Crippen molar-refractivity contribution in [2.45, 2.75) is 96.7 Å². The molecule has 1 saturated carbocycles. The summed E-state index contributed by atoms with van der Waals surface area (Å²) >= 11 is 0. The highest BCUT2D eigenvalue weighted by Crippen LogP contribution is 2.36. The molecule has 0 spiro atoms. The first-order chi connectivity index (χ1) is 10.9. The summed E-state index contributed by atoms with van der Waals surface area (Å²) in [5.74, 6) is 0.597. The number of nitrogens with zero attached hydrogens (tertiary/aromatic N) is 1. The molecule has 2 fully saturated rings. The van der Waals surface area contributed by atoms with Crippen LogP contribution >= 0.6 is 0 Å². The topological polar surface area (TPSA) is 41.6 Å².